The van der Waals surface area contributed by atoms with Gasteiger partial charge in [-0.05, 0) is 73.9 Å². The summed E-state index contributed by atoms with van der Waals surface area (Å²) >= 11 is 5.84. The molecule has 0 spiro atoms. The Hall–Kier alpha value is -2.92. The lowest BCUT2D eigenvalue weighted by Crippen LogP contribution is -2.41. The Bertz CT molecular complexity index is 1450. The van der Waals surface area contributed by atoms with Crippen LogP contribution in [-0.2, 0) is 30.6 Å². The summed E-state index contributed by atoms with van der Waals surface area (Å²) in [5.74, 6) is -0.613. The quantitative estimate of drug-likeness (QED) is 0.416. The van der Waals surface area contributed by atoms with Crippen LogP contribution in [0.3, 0.4) is 0 Å². The molecule has 1 aliphatic heterocycles. The van der Waals surface area contributed by atoms with E-state index in [0.717, 1.165) is 11.1 Å². The molecule has 2 N–H and O–H groups in total. The summed E-state index contributed by atoms with van der Waals surface area (Å²) in [6.07, 6.45) is 0.826. The van der Waals surface area contributed by atoms with Gasteiger partial charge in [-0.3, -0.25) is 9.52 Å². The van der Waals surface area contributed by atoms with Crippen molar-refractivity contribution in [3.05, 3.63) is 88.9 Å². The highest BCUT2D eigenvalue weighted by molar-refractivity contribution is 7.92. The number of hydrogen-bond donors (Lipinski definition) is 2. The van der Waals surface area contributed by atoms with Crippen molar-refractivity contribution in [2.45, 2.75) is 30.4 Å². The molecule has 1 fully saturated rings. The van der Waals surface area contributed by atoms with Crippen molar-refractivity contribution in [2.75, 3.05) is 23.1 Å². The van der Waals surface area contributed by atoms with Crippen molar-refractivity contribution in [1.82, 2.24) is 4.31 Å². The van der Waals surface area contributed by atoms with E-state index in [2.05, 4.69) is 10.0 Å². The number of sulfonamides is 2. The molecule has 3 aromatic rings. The fourth-order valence-corrected chi connectivity index (χ4v) is 6.82. The van der Waals surface area contributed by atoms with Gasteiger partial charge in [0, 0.05) is 35.4 Å². The molecule has 0 saturated carbocycles. The van der Waals surface area contributed by atoms with Gasteiger partial charge in [0.15, 0.2) is 0 Å². The molecule has 0 bridgehead atoms. The number of rotatable bonds is 8. The average Bonchev–Trinajstić information content (AvgIpc) is 2.87. The first-order chi connectivity index (χ1) is 17.5. The lowest BCUT2D eigenvalue weighted by atomic mass is 9.97. The summed E-state index contributed by atoms with van der Waals surface area (Å²) in [5.41, 5.74) is 2.65. The van der Waals surface area contributed by atoms with Gasteiger partial charge in [0.1, 0.15) is 0 Å². The maximum absolute atomic E-state index is 12.8. The van der Waals surface area contributed by atoms with Crippen molar-refractivity contribution >= 4 is 48.9 Å². The Morgan fingerprint density at radius 1 is 0.865 bits per heavy atom. The molecule has 1 saturated heterocycles. The number of nitrogens with one attached hydrogen (secondary N) is 2. The highest BCUT2D eigenvalue weighted by Gasteiger charge is 2.31. The summed E-state index contributed by atoms with van der Waals surface area (Å²) in [6, 6.07) is 19.6. The molecule has 0 unspecified atom stereocenters. The predicted molar refractivity (Wildman–Crippen MR) is 145 cm³/mol. The third-order valence-corrected chi connectivity index (χ3v) is 9.72. The van der Waals surface area contributed by atoms with Crippen LogP contribution in [0.15, 0.2) is 77.7 Å². The van der Waals surface area contributed by atoms with Gasteiger partial charge in [-0.2, -0.15) is 0 Å². The van der Waals surface area contributed by atoms with E-state index in [0.29, 0.717) is 29.2 Å². The van der Waals surface area contributed by atoms with Crippen LogP contribution in [-0.4, -0.2) is 40.1 Å². The fraction of sp³-hybridized carbons (Fsp3) is 0.269. The molecule has 3 aromatic carbocycles. The highest BCUT2D eigenvalue weighted by atomic mass is 35.5. The molecule has 0 aromatic heterocycles. The number of benzene rings is 3. The number of nitrogens with zero attached hydrogens (tertiary/aromatic N) is 1. The third-order valence-electron chi connectivity index (χ3n) is 6.22. The highest BCUT2D eigenvalue weighted by Crippen LogP contribution is 2.24. The molecule has 37 heavy (non-hydrogen) atoms. The predicted octanol–water partition coefficient (Wildman–Crippen LogP) is 4.63. The van der Waals surface area contributed by atoms with Crippen LogP contribution in [0, 0.1) is 12.8 Å². The van der Waals surface area contributed by atoms with Crippen LogP contribution in [0.5, 0.6) is 0 Å². The van der Waals surface area contributed by atoms with Crippen molar-refractivity contribution in [2.24, 2.45) is 5.92 Å². The Labute approximate surface area is 222 Å². The summed E-state index contributed by atoms with van der Waals surface area (Å²) in [5, 5.41) is 3.31. The van der Waals surface area contributed by atoms with Gasteiger partial charge < -0.3 is 5.32 Å². The molecular weight excluding hydrogens is 534 g/mol. The number of aryl methyl sites for hydroxylation is 1. The van der Waals surface area contributed by atoms with E-state index in [4.69, 9.17) is 11.6 Å². The Morgan fingerprint density at radius 2 is 1.43 bits per heavy atom. The molecule has 8 nitrogen and oxygen atoms in total. The van der Waals surface area contributed by atoms with Gasteiger partial charge in [0.05, 0.1) is 10.6 Å². The van der Waals surface area contributed by atoms with E-state index in [9.17, 15) is 21.6 Å². The number of carbonyl (C=O) groups is 1. The largest absolute Gasteiger partial charge is 0.326 e. The minimum absolute atomic E-state index is 0.0486. The van der Waals surface area contributed by atoms with Crippen molar-refractivity contribution < 1.29 is 21.6 Å². The van der Waals surface area contributed by atoms with E-state index >= 15 is 0 Å². The molecular formula is C26H28ClN3O5S2. The average molecular weight is 562 g/mol. The molecule has 11 heteroatoms. The van der Waals surface area contributed by atoms with E-state index in [1.807, 2.05) is 31.2 Å². The lowest BCUT2D eigenvalue weighted by molar-refractivity contribution is -0.120. The second-order valence-corrected chi connectivity index (χ2v) is 13.1. The molecule has 0 atom stereocenters. The Kier molecular flexibility index (Phi) is 8.23. The second-order valence-electron chi connectivity index (χ2n) is 9.04. The first kappa shape index (κ1) is 27.1. The van der Waals surface area contributed by atoms with E-state index < -0.39 is 20.0 Å². The summed E-state index contributed by atoms with van der Waals surface area (Å²) in [7, 11) is -7.27. The Balaban J connectivity index is 1.30. The molecule has 0 aliphatic carbocycles. The maximum atomic E-state index is 12.8. The van der Waals surface area contributed by atoms with Gasteiger partial charge >= 0.3 is 0 Å². The van der Waals surface area contributed by atoms with E-state index in [-0.39, 0.29) is 35.6 Å². The minimum Gasteiger partial charge on any atom is -0.326 e. The molecule has 4 rings (SSSR count). The van der Waals surface area contributed by atoms with Crippen LogP contribution in [0.1, 0.15) is 24.0 Å². The van der Waals surface area contributed by atoms with Crippen molar-refractivity contribution in [3.8, 4) is 0 Å². The second kappa shape index (κ2) is 11.2. The van der Waals surface area contributed by atoms with Gasteiger partial charge in [0.25, 0.3) is 10.0 Å². The standard InChI is InChI=1S/C26H28ClN3O5S2/c1-19-2-4-20(5-3-19)18-36(32,33)30-16-14-21(15-17-30)26(31)28-23-10-12-25(13-11-23)37(34,35)29-24-8-6-22(27)7-9-24/h2-13,21,29H,14-18H2,1H3,(H,28,31). The Morgan fingerprint density at radius 3 is 2.03 bits per heavy atom. The fourth-order valence-electron chi connectivity index (χ4n) is 4.08. The molecule has 1 heterocycles. The van der Waals surface area contributed by atoms with Gasteiger partial charge in [-0.15, -0.1) is 0 Å². The van der Waals surface area contributed by atoms with Gasteiger partial charge in [0.2, 0.25) is 15.9 Å². The monoisotopic (exact) mass is 561 g/mol. The van der Waals surface area contributed by atoms with Crippen molar-refractivity contribution in [3.63, 3.8) is 0 Å². The lowest BCUT2D eigenvalue weighted by Gasteiger charge is -2.30. The number of anilines is 2. The van der Waals surface area contributed by atoms with Gasteiger partial charge in [-0.25, -0.2) is 21.1 Å². The molecule has 1 aliphatic rings. The first-order valence-corrected chi connectivity index (χ1v) is 15.2. The first-order valence-electron chi connectivity index (χ1n) is 11.7. The number of halogens is 1. The third kappa shape index (κ3) is 7.10. The number of piperidine rings is 1. The van der Waals surface area contributed by atoms with Crippen LogP contribution in [0.4, 0.5) is 11.4 Å². The van der Waals surface area contributed by atoms with E-state index in [1.54, 1.807) is 24.3 Å². The summed E-state index contributed by atoms with van der Waals surface area (Å²) in [6.45, 7) is 2.50. The zero-order valence-corrected chi connectivity index (χ0v) is 22.6. The molecule has 196 valence electrons. The topological polar surface area (TPSA) is 113 Å². The van der Waals surface area contributed by atoms with Crippen molar-refractivity contribution in [1.29, 1.82) is 0 Å². The van der Waals surface area contributed by atoms with Crippen LogP contribution in [0.2, 0.25) is 5.02 Å². The van der Waals surface area contributed by atoms with Crippen LogP contribution in [0.25, 0.3) is 0 Å². The number of hydrogen-bond acceptors (Lipinski definition) is 5. The minimum atomic E-state index is -3.81. The normalized spacial score (nSPS) is 15.3. The zero-order valence-electron chi connectivity index (χ0n) is 20.2. The molecule has 0 radical (unpaired) electrons. The van der Waals surface area contributed by atoms with Crippen LogP contribution >= 0.6 is 11.6 Å². The zero-order chi connectivity index (χ0) is 26.6. The maximum Gasteiger partial charge on any atom is 0.261 e. The van der Waals surface area contributed by atoms with E-state index in [1.165, 1.54) is 28.6 Å². The summed E-state index contributed by atoms with van der Waals surface area (Å²) in [4.78, 5) is 12.8. The molecule has 1 amide bonds. The smallest absolute Gasteiger partial charge is 0.261 e. The van der Waals surface area contributed by atoms with Gasteiger partial charge in [-0.1, -0.05) is 41.4 Å². The number of carbonyl (C=O) groups excluding carboxylic acids is 1. The number of amides is 1. The van der Waals surface area contributed by atoms with Crippen LogP contribution < -0.4 is 10.0 Å². The SMILES string of the molecule is Cc1ccc(CS(=O)(=O)N2CCC(C(=O)Nc3ccc(S(=O)(=O)Nc4ccc(Cl)cc4)cc3)CC2)cc1. The summed E-state index contributed by atoms with van der Waals surface area (Å²) < 4.78 is 54.8.